The van der Waals surface area contributed by atoms with Gasteiger partial charge < -0.3 is 14.8 Å². The zero-order valence-corrected chi connectivity index (χ0v) is 16.9. The molecule has 4 heteroatoms. The van der Waals surface area contributed by atoms with E-state index in [9.17, 15) is 4.79 Å². The van der Waals surface area contributed by atoms with Gasteiger partial charge in [0.15, 0.2) is 0 Å². The normalized spacial score (nSPS) is 12.1. The van der Waals surface area contributed by atoms with Crippen LogP contribution in [0.15, 0.2) is 73.1 Å². The first-order valence-electron chi connectivity index (χ1n) is 9.81. The first-order chi connectivity index (χ1) is 13.6. The van der Waals surface area contributed by atoms with Crippen molar-refractivity contribution in [2.45, 2.75) is 25.8 Å². The van der Waals surface area contributed by atoms with Crippen molar-refractivity contribution in [3.63, 3.8) is 0 Å². The van der Waals surface area contributed by atoms with Gasteiger partial charge in [0.1, 0.15) is 0 Å². The maximum atomic E-state index is 12.5. The predicted molar refractivity (Wildman–Crippen MR) is 115 cm³/mol. The summed E-state index contributed by atoms with van der Waals surface area (Å²) in [7, 11) is 4.09. The van der Waals surface area contributed by atoms with E-state index in [0.29, 0.717) is 13.0 Å². The molecule has 0 aliphatic heterocycles. The van der Waals surface area contributed by atoms with Crippen molar-refractivity contribution in [2.24, 2.45) is 0 Å². The summed E-state index contributed by atoms with van der Waals surface area (Å²) in [5.74, 6) is 0.0470. The Morgan fingerprint density at radius 3 is 2.14 bits per heavy atom. The molecule has 3 aromatic rings. The Balaban J connectivity index is 1.57. The quantitative estimate of drug-likeness (QED) is 0.646. The summed E-state index contributed by atoms with van der Waals surface area (Å²) in [5, 5.41) is 3.10. The molecule has 0 bridgehead atoms. The minimum Gasteiger partial charge on any atom is -0.354 e. The smallest absolute Gasteiger partial charge is 0.224 e. The molecular formula is C24H29N3O. The molecule has 3 rings (SSSR count). The van der Waals surface area contributed by atoms with Gasteiger partial charge in [0.2, 0.25) is 5.91 Å². The van der Waals surface area contributed by atoms with Gasteiger partial charge in [-0.05, 0) is 61.5 Å². The summed E-state index contributed by atoms with van der Waals surface area (Å²) in [5.41, 5.74) is 4.66. The number of hydrogen-bond acceptors (Lipinski definition) is 2. The van der Waals surface area contributed by atoms with Crippen molar-refractivity contribution >= 4 is 5.91 Å². The Labute approximate surface area is 167 Å². The average molecular weight is 376 g/mol. The first-order valence-corrected chi connectivity index (χ1v) is 9.81. The maximum Gasteiger partial charge on any atom is 0.224 e. The van der Waals surface area contributed by atoms with Crippen molar-refractivity contribution < 1.29 is 4.79 Å². The number of benzene rings is 2. The molecule has 28 heavy (non-hydrogen) atoms. The molecule has 1 amide bonds. The molecule has 4 nitrogen and oxygen atoms in total. The van der Waals surface area contributed by atoms with Gasteiger partial charge in [0, 0.05) is 24.6 Å². The number of nitrogens with one attached hydrogen (secondary N) is 1. The average Bonchev–Trinajstić information content (AvgIpc) is 3.24. The zero-order chi connectivity index (χ0) is 19.9. The molecule has 2 aromatic carbocycles. The van der Waals surface area contributed by atoms with Crippen LogP contribution in [0.3, 0.4) is 0 Å². The first kappa shape index (κ1) is 19.9. The number of aromatic nitrogens is 1. The Hall–Kier alpha value is -2.85. The van der Waals surface area contributed by atoms with Crippen molar-refractivity contribution in [2.75, 3.05) is 20.6 Å². The second kappa shape index (κ2) is 9.38. The summed E-state index contributed by atoms with van der Waals surface area (Å²) in [4.78, 5) is 14.6. The topological polar surface area (TPSA) is 37.3 Å². The Kier molecular flexibility index (Phi) is 6.66. The van der Waals surface area contributed by atoms with E-state index in [0.717, 1.165) is 17.7 Å². The van der Waals surface area contributed by atoms with Crippen LogP contribution >= 0.6 is 0 Å². The largest absolute Gasteiger partial charge is 0.354 e. The minimum absolute atomic E-state index is 0.0470. The van der Waals surface area contributed by atoms with Crippen LogP contribution < -0.4 is 5.32 Å². The van der Waals surface area contributed by atoms with Crippen LogP contribution in [0.1, 0.15) is 29.7 Å². The molecule has 0 aliphatic carbocycles. The molecule has 0 fully saturated rings. The molecule has 0 saturated carbocycles. The van der Waals surface area contributed by atoms with Crippen LogP contribution in [-0.4, -0.2) is 36.0 Å². The van der Waals surface area contributed by atoms with Crippen molar-refractivity contribution in [3.8, 4) is 5.69 Å². The second-order valence-electron chi connectivity index (χ2n) is 7.31. The van der Waals surface area contributed by atoms with Crippen LogP contribution in [0.4, 0.5) is 0 Å². The van der Waals surface area contributed by atoms with Gasteiger partial charge in [0.25, 0.3) is 0 Å². The molecule has 146 valence electrons. The van der Waals surface area contributed by atoms with E-state index in [1.807, 2.05) is 62.9 Å². The number of nitrogens with zero attached hydrogens (tertiary/aromatic N) is 2. The van der Waals surface area contributed by atoms with Crippen LogP contribution in [-0.2, 0) is 17.6 Å². The van der Waals surface area contributed by atoms with E-state index >= 15 is 0 Å². The standard InChI is InChI=1S/C24H29N3O/c1-4-19-7-11-21(12-8-19)23(26(2)3)18-25-24(28)17-20-9-13-22(14-10-20)27-15-5-6-16-27/h5-16,23H,4,17-18H2,1-3H3,(H,25,28). The lowest BCUT2D eigenvalue weighted by Gasteiger charge is -2.25. The highest BCUT2D eigenvalue weighted by Gasteiger charge is 2.15. The van der Waals surface area contributed by atoms with Gasteiger partial charge in [-0.3, -0.25) is 4.79 Å². The molecule has 0 aliphatic rings. The number of likely N-dealkylation sites (N-methyl/N-ethyl adjacent to an activating group) is 1. The fraction of sp³-hybridized carbons (Fsp3) is 0.292. The SMILES string of the molecule is CCc1ccc(C(CNC(=O)Cc2ccc(-n3cccc3)cc2)N(C)C)cc1. The highest BCUT2D eigenvalue weighted by Crippen LogP contribution is 2.18. The number of carbonyl (C=O) groups is 1. The third-order valence-electron chi connectivity index (χ3n) is 5.09. The summed E-state index contributed by atoms with van der Waals surface area (Å²) >= 11 is 0. The fourth-order valence-electron chi connectivity index (χ4n) is 3.33. The summed E-state index contributed by atoms with van der Waals surface area (Å²) in [6, 6.07) is 20.9. The van der Waals surface area contributed by atoms with Gasteiger partial charge in [-0.1, -0.05) is 43.3 Å². The van der Waals surface area contributed by atoms with Crippen molar-refractivity contribution in [1.82, 2.24) is 14.8 Å². The Morgan fingerprint density at radius 1 is 0.964 bits per heavy atom. The lowest BCUT2D eigenvalue weighted by atomic mass is 10.0. The lowest BCUT2D eigenvalue weighted by molar-refractivity contribution is -0.120. The molecule has 0 spiro atoms. The zero-order valence-electron chi connectivity index (χ0n) is 16.9. The molecule has 0 radical (unpaired) electrons. The number of carbonyl (C=O) groups excluding carboxylic acids is 1. The molecule has 1 N–H and O–H groups in total. The highest BCUT2D eigenvalue weighted by molar-refractivity contribution is 5.78. The van der Waals surface area contributed by atoms with E-state index in [2.05, 4.69) is 46.0 Å². The summed E-state index contributed by atoms with van der Waals surface area (Å²) in [6.45, 7) is 2.75. The third kappa shape index (κ3) is 5.11. The van der Waals surface area contributed by atoms with Gasteiger partial charge in [-0.15, -0.1) is 0 Å². The minimum atomic E-state index is 0.0470. The van der Waals surface area contributed by atoms with Gasteiger partial charge in [0.05, 0.1) is 12.5 Å². The Bertz CT molecular complexity index is 865. The van der Waals surface area contributed by atoms with Crippen LogP contribution in [0.2, 0.25) is 0 Å². The summed E-state index contributed by atoms with van der Waals surface area (Å²) < 4.78 is 2.05. The Morgan fingerprint density at radius 2 is 1.57 bits per heavy atom. The van der Waals surface area contributed by atoms with E-state index < -0.39 is 0 Å². The molecular weight excluding hydrogens is 346 g/mol. The molecule has 1 heterocycles. The number of hydrogen-bond donors (Lipinski definition) is 1. The lowest BCUT2D eigenvalue weighted by Crippen LogP contribution is -2.35. The van der Waals surface area contributed by atoms with Crippen molar-refractivity contribution in [1.29, 1.82) is 0 Å². The van der Waals surface area contributed by atoms with E-state index in [-0.39, 0.29) is 11.9 Å². The fourth-order valence-corrected chi connectivity index (χ4v) is 3.33. The number of aryl methyl sites for hydroxylation is 1. The number of amides is 1. The van der Waals surface area contributed by atoms with Crippen LogP contribution in [0.25, 0.3) is 5.69 Å². The highest BCUT2D eigenvalue weighted by atomic mass is 16.1. The summed E-state index contributed by atoms with van der Waals surface area (Å²) in [6.07, 6.45) is 5.44. The molecule has 1 atom stereocenters. The molecule has 0 saturated heterocycles. The van der Waals surface area contributed by atoms with Crippen molar-refractivity contribution in [3.05, 3.63) is 89.7 Å². The van der Waals surface area contributed by atoms with E-state index in [1.165, 1.54) is 11.1 Å². The molecule has 1 aromatic heterocycles. The van der Waals surface area contributed by atoms with Crippen LogP contribution in [0, 0.1) is 0 Å². The monoisotopic (exact) mass is 375 g/mol. The van der Waals surface area contributed by atoms with Gasteiger partial charge in [-0.25, -0.2) is 0 Å². The van der Waals surface area contributed by atoms with Gasteiger partial charge in [-0.2, -0.15) is 0 Å². The number of rotatable bonds is 8. The maximum absolute atomic E-state index is 12.5. The second-order valence-corrected chi connectivity index (χ2v) is 7.31. The van der Waals surface area contributed by atoms with Crippen LogP contribution in [0.5, 0.6) is 0 Å². The predicted octanol–water partition coefficient (Wildman–Crippen LogP) is 4.00. The van der Waals surface area contributed by atoms with Gasteiger partial charge >= 0.3 is 0 Å². The molecule has 1 unspecified atom stereocenters. The third-order valence-corrected chi connectivity index (χ3v) is 5.09. The van der Waals surface area contributed by atoms with E-state index in [4.69, 9.17) is 0 Å². The van der Waals surface area contributed by atoms with E-state index in [1.54, 1.807) is 0 Å².